The molecular formula is C22H29N3O2S3. The first kappa shape index (κ1) is 22.0. The number of hydrogen-bond donors (Lipinski definition) is 0. The van der Waals surface area contributed by atoms with Crippen molar-refractivity contribution in [1.29, 1.82) is 0 Å². The molecule has 4 rings (SSSR count). The maximum absolute atomic E-state index is 12.9. The van der Waals surface area contributed by atoms with Crippen LogP contribution in [0.15, 0.2) is 32.9 Å². The number of methoxy groups -OCH3 is 1. The summed E-state index contributed by atoms with van der Waals surface area (Å²) in [6.07, 6.45) is 3.47. The maximum atomic E-state index is 12.9. The van der Waals surface area contributed by atoms with Crippen LogP contribution < -0.4 is 4.74 Å². The van der Waals surface area contributed by atoms with Crippen molar-refractivity contribution in [2.45, 2.75) is 60.5 Å². The molecule has 30 heavy (non-hydrogen) atoms. The highest BCUT2D eigenvalue weighted by Gasteiger charge is 2.50. The van der Waals surface area contributed by atoms with Crippen molar-refractivity contribution in [3.05, 3.63) is 29.8 Å². The highest BCUT2D eigenvalue weighted by Crippen LogP contribution is 2.52. The molecule has 5 nitrogen and oxygen atoms in total. The van der Waals surface area contributed by atoms with Crippen LogP contribution in [-0.2, 0) is 10.5 Å². The van der Waals surface area contributed by atoms with E-state index in [1.54, 1.807) is 30.2 Å². The summed E-state index contributed by atoms with van der Waals surface area (Å²) < 4.78 is 7.00. The van der Waals surface area contributed by atoms with Crippen LogP contribution in [-0.4, -0.2) is 46.5 Å². The van der Waals surface area contributed by atoms with Gasteiger partial charge in [-0.05, 0) is 47.8 Å². The molecule has 8 heteroatoms. The number of carbonyl (C=O) groups is 1. The summed E-state index contributed by atoms with van der Waals surface area (Å²) in [5.41, 5.74) is 1.83. The standard InChI is InChI=1S/C22H29N3O2S3/c1-21(2)9-16-10-22(3,13-21)14-25(16)18(26)12-29-20-24-23-19(30-20)28-11-15-5-7-17(27-4)8-6-15/h5-8,16H,9-14H2,1-4H3/t16-,22+/m1/s1. The third-order valence-corrected chi connectivity index (χ3v) is 9.21. The third-order valence-electron chi connectivity index (χ3n) is 5.96. The van der Waals surface area contributed by atoms with Gasteiger partial charge in [-0.1, -0.05) is 67.8 Å². The number of carbonyl (C=O) groups excluding carboxylic acids is 1. The van der Waals surface area contributed by atoms with E-state index in [1.165, 1.54) is 23.7 Å². The van der Waals surface area contributed by atoms with Gasteiger partial charge in [0.25, 0.3) is 0 Å². The second-order valence-corrected chi connectivity index (χ2v) is 12.9. The van der Waals surface area contributed by atoms with Crippen molar-refractivity contribution in [2.24, 2.45) is 10.8 Å². The van der Waals surface area contributed by atoms with Gasteiger partial charge in [0.1, 0.15) is 5.75 Å². The van der Waals surface area contributed by atoms with Crippen molar-refractivity contribution in [1.82, 2.24) is 15.1 Å². The Labute approximate surface area is 191 Å². The van der Waals surface area contributed by atoms with Crippen LogP contribution in [0.4, 0.5) is 0 Å². The summed E-state index contributed by atoms with van der Waals surface area (Å²) in [5, 5.41) is 8.56. The predicted molar refractivity (Wildman–Crippen MR) is 124 cm³/mol. The molecule has 2 atom stereocenters. The topological polar surface area (TPSA) is 55.3 Å². The fourth-order valence-electron chi connectivity index (χ4n) is 5.14. The van der Waals surface area contributed by atoms with E-state index in [9.17, 15) is 4.79 Å². The van der Waals surface area contributed by atoms with E-state index in [-0.39, 0.29) is 11.3 Å². The van der Waals surface area contributed by atoms with Gasteiger partial charge in [0.15, 0.2) is 8.68 Å². The molecule has 2 fully saturated rings. The average molecular weight is 464 g/mol. The second kappa shape index (κ2) is 8.71. The molecule has 1 saturated heterocycles. The van der Waals surface area contributed by atoms with Crippen LogP contribution >= 0.6 is 34.9 Å². The number of aromatic nitrogens is 2. The largest absolute Gasteiger partial charge is 0.497 e. The lowest BCUT2D eigenvalue weighted by molar-refractivity contribution is -0.129. The summed E-state index contributed by atoms with van der Waals surface area (Å²) in [7, 11) is 1.67. The van der Waals surface area contributed by atoms with Crippen LogP contribution in [0.3, 0.4) is 0 Å². The molecule has 1 aromatic carbocycles. The molecule has 162 valence electrons. The lowest BCUT2D eigenvalue weighted by Crippen LogP contribution is -2.38. The number of thioether (sulfide) groups is 2. The van der Waals surface area contributed by atoms with E-state index in [2.05, 4.69) is 48.0 Å². The van der Waals surface area contributed by atoms with Crippen molar-refractivity contribution in [3.8, 4) is 5.75 Å². The van der Waals surface area contributed by atoms with Crippen LogP contribution in [0.2, 0.25) is 0 Å². The van der Waals surface area contributed by atoms with Gasteiger partial charge in [-0.3, -0.25) is 4.79 Å². The molecule has 0 spiro atoms. The van der Waals surface area contributed by atoms with Gasteiger partial charge in [-0.2, -0.15) is 0 Å². The molecular weight excluding hydrogens is 434 g/mol. The molecule has 1 aliphatic heterocycles. The molecule has 2 bridgehead atoms. The van der Waals surface area contributed by atoms with Crippen LogP contribution in [0.1, 0.15) is 45.6 Å². The normalized spacial score (nSPS) is 24.8. The summed E-state index contributed by atoms with van der Waals surface area (Å²) in [6, 6.07) is 8.47. The van der Waals surface area contributed by atoms with E-state index < -0.39 is 0 Å². The van der Waals surface area contributed by atoms with Crippen molar-refractivity contribution >= 4 is 40.8 Å². The predicted octanol–water partition coefficient (Wildman–Crippen LogP) is 5.36. The number of nitrogens with zero attached hydrogens (tertiary/aromatic N) is 3. The lowest BCUT2D eigenvalue weighted by atomic mass is 9.65. The van der Waals surface area contributed by atoms with Crippen molar-refractivity contribution in [2.75, 3.05) is 19.4 Å². The first-order valence-electron chi connectivity index (χ1n) is 10.3. The molecule has 1 saturated carbocycles. The first-order valence-corrected chi connectivity index (χ1v) is 13.1. The molecule has 0 radical (unpaired) electrons. The highest BCUT2D eigenvalue weighted by atomic mass is 32.2. The maximum Gasteiger partial charge on any atom is 0.233 e. The minimum absolute atomic E-state index is 0.245. The molecule has 2 aromatic rings. The molecule has 1 aliphatic carbocycles. The fourth-order valence-corrected chi connectivity index (χ4v) is 8.00. The SMILES string of the molecule is COc1ccc(CSc2nnc(SCC(=O)N3C[C@@]4(C)C[C@H]3CC(C)(C)C4)s2)cc1. The van der Waals surface area contributed by atoms with Gasteiger partial charge < -0.3 is 9.64 Å². The Balaban J connectivity index is 1.27. The van der Waals surface area contributed by atoms with Gasteiger partial charge in [-0.15, -0.1) is 10.2 Å². The van der Waals surface area contributed by atoms with Gasteiger partial charge in [-0.25, -0.2) is 0 Å². The van der Waals surface area contributed by atoms with Crippen molar-refractivity contribution < 1.29 is 9.53 Å². The van der Waals surface area contributed by atoms with Gasteiger partial charge in [0.2, 0.25) is 5.91 Å². The Kier molecular flexibility index (Phi) is 6.38. The smallest absolute Gasteiger partial charge is 0.233 e. The van der Waals surface area contributed by atoms with Gasteiger partial charge >= 0.3 is 0 Å². The fraction of sp³-hybridized carbons (Fsp3) is 0.591. The quantitative estimate of drug-likeness (QED) is 0.515. The number of rotatable bonds is 7. The van der Waals surface area contributed by atoms with E-state index in [0.717, 1.165) is 39.6 Å². The number of benzene rings is 1. The molecule has 2 aliphatic rings. The lowest BCUT2D eigenvalue weighted by Gasteiger charge is -2.39. The Morgan fingerprint density at radius 1 is 1.17 bits per heavy atom. The summed E-state index contributed by atoms with van der Waals surface area (Å²) in [4.78, 5) is 15.1. The van der Waals surface area contributed by atoms with Crippen LogP contribution in [0.25, 0.3) is 0 Å². The molecule has 0 N–H and O–H groups in total. The summed E-state index contributed by atoms with van der Waals surface area (Å²) in [6.45, 7) is 7.93. The van der Waals surface area contributed by atoms with Crippen molar-refractivity contribution in [3.63, 3.8) is 0 Å². The van der Waals surface area contributed by atoms with E-state index in [4.69, 9.17) is 4.74 Å². The van der Waals surface area contributed by atoms with E-state index in [0.29, 0.717) is 17.2 Å². The minimum atomic E-state index is 0.245. The highest BCUT2D eigenvalue weighted by molar-refractivity contribution is 8.03. The summed E-state index contributed by atoms with van der Waals surface area (Å²) >= 11 is 4.77. The number of hydrogen-bond acceptors (Lipinski definition) is 7. The second-order valence-electron chi connectivity index (χ2n) is 9.49. The number of ether oxygens (including phenoxy) is 1. The average Bonchev–Trinajstić information content (AvgIpc) is 3.25. The Hall–Kier alpha value is -1.25. The zero-order chi connectivity index (χ0) is 21.4. The van der Waals surface area contributed by atoms with Gasteiger partial charge in [0.05, 0.1) is 12.9 Å². The van der Waals surface area contributed by atoms with E-state index in [1.807, 2.05) is 12.1 Å². The third kappa shape index (κ3) is 5.14. The molecule has 2 heterocycles. The Morgan fingerprint density at radius 2 is 1.87 bits per heavy atom. The zero-order valence-electron chi connectivity index (χ0n) is 18.0. The summed E-state index contributed by atoms with van der Waals surface area (Å²) in [5.74, 6) is 2.40. The minimum Gasteiger partial charge on any atom is -0.497 e. The molecule has 0 unspecified atom stereocenters. The zero-order valence-corrected chi connectivity index (χ0v) is 20.5. The molecule has 1 aromatic heterocycles. The Morgan fingerprint density at radius 3 is 2.57 bits per heavy atom. The van der Waals surface area contributed by atoms with Crippen LogP contribution in [0.5, 0.6) is 5.75 Å². The number of likely N-dealkylation sites (tertiary alicyclic amines) is 1. The number of amides is 1. The first-order chi connectivity index (χ1) is 14.3. The van der Waals surface area contributed by atoms with Crippen LogP contribution in [0, 0.1) is 10.8 Å². The Bertz CT molecular complexity index is 899. The molecule has 1 amide bonds. The van der Waals surface area contributed by atoms with E-state index >= 15 is 0 Å². The number of fused-ring (bicyclic) bond motifs is 2. The monoisotopic (exact) mass is 463 g/mol. The van der Waals surface area contributed by atoms with Gasteiger partial charge in [0, 0.05) is 18.3 Å².